The van der Waals surface area contributed by atoms with Crippen LogP contribution >= 0.6 is 0 Å². The Kier molecular flexibility index (Phi) is 6.62. The maximum Gasteiger partial charge on any atom is 0.257 e. The zero-order valence-corrected chi connectivity index (χ0v) is 16.3. The molecule has 2 amide bonds. The van der Waals surface area contributed by atoms with Crippen molar-refractivity contribution in [2.45, 2.75) is 59.9 Å². The Labute approximate surface area is 151 Å². The molecular weight excluding hydrogens is 316 g/mol. The first-order valence-corrected chi connectivity index (χ1v) is 9.47. The Morgan fingerprint density at radius 2 is 1.68 bits per heavy atom. The normalized spacial score (nSPS) is 15.3. The van der Waals surface area contributed by atoms with Crippen molar-refractivity contribution in [3.05, 3.63) is 17.5 Å². The summed E-state index contributed by atoms with van der Waals surface area (Å²) in [6, 6.07) is 0. The van der Waals surface area contributed by atoms with Crippen molar-refractivity contribution in [1.82, 2.24) is 19.6 Å². The third-order valence-corrected chi connectivity index (χ3v) is 4.75. The summed E-state index contributed by atoms with van der Waals surface area (Å²) in [4.78, 5) is 28.9. The number of carbonyl (C=O) groups is 2. The quantitative estimate of drug-likeness (QED) is 0.794. The Morgan fingerprint density at radius 1 is 1.08 bits per heavy atom. The van der Waals surface area contributed by atoms with Crippen LogP contribution in [0.2, 0.25) is 0 Å². The van der Waals surface area contributed by atoms with Crippen LogP contribution in [0.3, 0.4) is 0 Å². The Balaban J connectivity index is 1.97. The summed E-state index contributed by atoms with van der Waals surface area (Å²) in [6.45, 7) is 13.6. The molecule has 1 fully saturated rings. The highest BCUT2D eigenvalue weighted by atomic mass is 16.2. The number of rotatable bonds is 6. The van der Waals surface area contributed by atoms with Crippen LogP contribution in [0, 0.1) is 5.92 Å². The molecule has 0 spiro atoms. The topological polar surface area (TPSA) is 58.4 Å². The number of aryl methyl sites for hydroxylation is 1. The summed E-state index contributed by atoms with van der Waals surface area (Å²) in [7, 11) is 0. The summed E-state index contributed by atoms with van der Waals surface area (Å²) in [5, 5.41) is 4.53. The SMILES string of the molecule is CCn1cc(C(=O)N2CCN(C(=O)CCC(C)C)CC2)c(C(C)C)n1. The van der Waals surface area contributed by atoms with Crippen LogP contribution in [0.1, 0.15) is 69.4 Å². The Bertz CT molecular complexity index is 599. The van der Waals surface area contributed by atoms with Crippen LogP contribution in [0.25, 0.3) is 0 Å². The predicted molar refractivity (Wildman–Crippen MR) is 98.5 cm³/mol. The standard InChI is InChI=1S/C19H32N4O2/c1-6-23-13-16(18(20-23)15(4)5)19(25)22-11-9-21(10-12-22)17(24)8-7-14(2)3/h13-15H,6-12H2,1-5H3. The molecule has 0 bridgehead atoms. The fraction of sp³-hybridized carbons (Fsp3) is 0.737. The van der Waals surface area contributed by atoms with Crippen molar-refractivity contribution in [2.75, 3.05) is 26.2 Å². The second-order valence-corrected chi connectivity index (χ2v) is 7.54. The first kappa shape index (κ1) is 19.5. The summed E-state index contributed by atoms with van der Waals surface area (Å²) in [5.74, 6) is 1.00. The highest BCUT2D eigenvalue weighted by Crippen LogP contribution is 2.20. The number of amides is 2. The van der Waals surface area contributed by atoms with Gasteiger partial charge in [0.1, 0.15) is 0 Å². The van der Waals surface area contributed by atoms with E-state index in [1.807, 2.05) is 27.6 Å². The van der Waals surface area contributed by atoms with Gasteiger partial charge in [0.25, 0.3) is 5.91 Å². The molecule has 0 atom stereocenters. The predicted octanol–water partition coefficient (Wildman–Crippen LogP) is 2.75. The van der Waals surface area contributed by atoms with Crippen LogP contribution in [-0.2, 0) is 11.3 Å². The summed E-state index contributed by atoms with van der Waals surface area (Å²) >= 11 is 0. The number of hydrogen-bond donors (Lipinski definition) is 0. The van der Waals surface area contributed by atoms with Gasteiger partial charge in [0.15, 0.2) is 0 Å². The van der Waals surface area contributed by atoms with Crippen molar-refractivity contribution < 1.29 is 9.59 Å². The van der Waals surface area contributed by atoms with Gasteiger partial charge in [0.05, 0.1) is 11.3 Å². The zero-order valence-electron chi connectivity index (χ0n) is 16.3. The Hall–Kier alpha value is -1.85. The fourth-order valence-electron chi connectivity index (χ4n) is 3.09. The van der Waals surface area contributed by atoms with Crippen molar-refractivity contribution in [3.63, 3.8) is 0 Å². The van der Waals surface area contributed by atoms with Crippen LogP contribution < -0.4 is 0 Å². The number of carbonyl (C=O) groups excluding carboxylic acids is 2. The molecule has 1 aromatic rings. The van der Waals surface area contributed by atoms with Crippen LogP contribution in [0.15, 0.2) is 6.20 Å². The molecule has 25 heavy (non-hydrogen) atoms. The summed E-state index contributed by atoms with van der Waals surface area (Å²) in [6.07, 6.45) is 3.39. The molecule has 0 radical (unpaired) electrons. The fourth-order valence-corrected chi connectivity index (χ4v) is 3.09. The van der Waals surface area contributed by atoms with Gasteiger partial charge in [0.2, 0.25) is 5.91 Å². The smallest absolute Gasteiger partial charge is 0.257 e. The summed E-state index contributed by atoms with van der Waals surface area (Å²) < 4.78 is 1.83. The molecule has 1 aliphatic heterocycles. The van der Waals surface area contributed by atoms with Crippen LogP contribution in [0.4, 0.5) is 0 Å². The highest BCUT2D eigenvalue weighted by molar-refractivity contribution is 5.95. The maximum absolute atomic E-state index is 12.9. The minimum absolute atomic E-state index is 0.0395. The molecule has 6 heteroatoms. The number of hydrogen-bond acceptors (Lipinski definition) is 3. The third kappa shape index (κ3) is 4.83. The molecule has 0 aromatic carbocycles. The van der Waals surface area contributed by atoms with E-state index in [0.717, 1.165) is 18.7 Å². The molecule has 140 valence electrons. The molecule has 1 aliphatic rings. The van der Waals surface area contributed by atoms with Gasteiger partial charge in [0, 0.05) is 45.3 Å². The number of nitrogens with zero attached hydrogens (tertiary/aromatic N) is 4. The maximum atomic E-state index is 12.9. The lowest BCUT2D eigenvalue weighted by Crippen LogP contribution is -2.50. The van der Waals surface area contributed by atoms with E-state index in [1.165, 1.54) is 0 Å². The van der Waals surface area contributed by atoms with Gasteiger partial charge in [-0.05, 0) is 25.2 Å². The Morgan fingerprint density at radius 3 is 2.20 bits per heavy atom. The molecular formula is C19H32N4O2. The van der Waals surface area contributed by atoms with E-state index in [4.69, 9.17) is 0 Å². The minimum atomic E-state index is 0.0395. The van der Waals surface area contributed by atoms with Crippen molar-refractivity contribution in [3.8, 4) is 0 Å². The first-order chi connectivity index (χ1) is 11.8. The monoisotopic (exact) mass is 348 g/mol. The molecule has 0 N–H and O–H groups in total. The average molecular weight is 348 g/mol. The van der Waals surface area contributed by atoms with Gasteiger partial charge in [-0.1, -0.05) is 27.7 Å². The van der Waals surface area contributed by atoms with Crippen LogP contribution in [0.5, 0.6) is 0 Å². The van der Waals surface area contributed by atoms with Gasteiger partial charge in [-0.2, -0.15) is 5.10 Å². The van der Waals surface area contributed by atoms with Gasteiger partial charge >= 0.3 is 0 Å². The molecule has 1 aromatic heterocycles. The van der Waals surface area contributed by atoms with E-state index in [9.17, 15) is 9.59 Å². The van der Waals surface area contributed by atoms with Crippen molar-refractivity contribution >= 4 is 11.8 Å². The number of aromatic nitrogens is 2. The van der Waals surface area contributed by atoms with E-state index >= 15 is 0 Å². The molecule has 0 saturated carbocycles. The second kappa shape index (κ2) is 8.50. The molecule has 6 nitrogen and oxygen atoms in total. The van der Waals surface area contributed by atoms with E-state index in [0.29, 0.717) is 44.1 Å². The summed E-state index contributed by atoms with van der Waals surface area (Å²) in [5.41, 5.74) is 1.57. The van der Waals surface area contributed by atoms with E-state index in [2.05, 4.69) is 32.8 Å². The molecule has 2 rings (SSSR count). The van der Waals surface area contributed by atoms with Gasteiger partial charge in [-0.15, -0.1) is 0 Å². The second-order valence-electron chi connectivity index (χ2n) is 7.54. The molecule has 1 saturated heterocycles. The van der Waals surface area contributed by atoms with Gasteiger partial charge in [-0.3, -0.25) is 14.3 Å². The first-order valence-electron chi connectivity index (χ1n) is 9.47. The lowest BCUT2D eigenvalue weighted by Gasteiger charge is -2.35. The van der Waals surface area contributed by atoms with E-state index in [1.54, 1.807) is 0 Å². The van der Waals surface area contributed by atoms with Crippen molar-refractivity contribution in [1.29, 1.82) is 0 Å². The van der Waals surface area contributed by atoms with E-state index < -0.39 is 0 Å². The van der Waals surface area contributed by atoms with Gasteiger partial charge in [-0.25, -0.2) is 0 Å². The van der Waals surface area contributed by atoms with Crippen LogP contribution in [-0.4, -0.2) is 57.6 Å². The van der Waals surface area contributed by atoms with Crippen molar-refractivity contribution in [2.24, 2.45) is 5.92 Å². The highest BCUT2D eigenvalue weighted by Gasteiger charge is 2.28. The molecule has 0 unspecified atom stereocenters. The lowest BCUT2D eigenvalue weighted by atomic mass is 10.0. The molecule has 0 aliphatic carbocycles. The third-order valence-electron chi connectivity index (χ3n) is 4.75. The van der Waals surface area contributed by atoms with Gasteiger partial charge < -0.3 is 9.80 Å². The zero-order chi connectivity index (χ0) is 18.6. The minimum Gasteiger partial charge on any atom is -0.339 e. The largest absolute Gasteiger partial charge is 0.339 e. The molecule has 2 heterocycles. The lowest BCUT2D eigenvalue weighted by molar-refractivity contribution is -0.132. The average Bonchev–Trinajstić information content (AvgIpc) is 3.04. The number of piperazine rings is 1. The van der Waals surface area contributed by atoms with E-state index in [-0.39, 0.29) is 17.7 Å².